The number of hydrogen-bond donors (Lipinski definition) is 2. The van der Waals surface area contributed by atoms with Crippen molar-refractivity contribution in [2.75, 3.05) is 74.8 Å². The van der Waals surface area contributed by atoms with Gasteiger partial charge >= 0.3 is 12.1 Å². The fourth-order valence-electron chi connectivity index (χ4n) is 6.68. The van der Waals surface area contributed by atoms with E-state index in [1.807, 2.05) is 108 Å². The van der Waals surface area contributed by atoms with Gasteiger partial charge in [-0.05, 0) is 110 Å². The maximum atomic E-state index is 13.7. The first-order valence-electron chi connectivity index (χ1n) is 18.0. The van der Waals surface area contributed by atoms with Crippen LogP contribution in [0.5, 0.6) is 0 Å². The number of hydrogen-bond acceptors (Lipinski definition) is 4. The molecule has 264 valence electrons. The molecule has 0 aromatic heterocycles. The summed E-state index contributed by atoms with van der Waals surface area (Å²) in [5.74, 6) is 0.844. The Hall–Kier alpha value is -4.98. The molecule has 1 aliphatic rings. The summed E-state index contributed by atoms with van der Waals surface area (Å²) in [6, 6.07) is 36.6. The highest BCUT2D eigenvalue weighted by atomic mass is 16.2. The first-order chi connectivity index (χ1) is 24.2. The highest BCUT2D eigenvalue weighted by Gasteiger charge is 2.27. The Morgan fingerprint density at radius 3 is 1.18 bits per heavy atom. The van der Waals surface area contributed by atoms with E-state index in [0.29, 0.717) is 24.9 Å². The Morgan fingerprint density at radius 2 is 0.860 bits per heavy atom. The highest BCUT2D eigenvalue weighted by Crippen LogP contribution is 2.31. The molecule has 0 spiro atoms. The predicted molar refractivity (Wildman–Crippen MR) is 208 cm³/mol. The molecule has 0 saturated heterocycles. The molecule has 1 saturated carbocycles. The minimum Gasteiger partial charge on any atom is -0.378 e. The molecule has 0 unspecified atom stereocenters. The van der Waals surface area contributed by atoms with Crippen LogP contribution in [0.25, 0.3) is 0 Å². The number of amides is 4. The molecule has 0 atom stereocenters. The summed E-state index contributed by atoms with van der Waals surface area (Å²) >= 11 is 0. The molecule has 2 N–H and O–H groups in total. The number of benzene rings is 4. The number of rotatable bonds is 14. The Morgan fingerprint density at radius 1 is 0.520 bits per heavy atom. The number of nitrogens with one attached hydrogen (secondary N) is 2. The molecule has 0 radical (unpaired) electrons. The SMILES string of the molecule is CN(C)c1ccc(NC(=O)N(CCc2ccccc2)CC2CCC(CN(CCc3ccccc3)C(=O)Nc3ccc(N(C)C)cc3)CC2)cc1. The number of nitrogens with zero attached hydrogens (tertiary/aromatic N) is 4. The van der Waals surface area contributed by atoms with Gasteiger partial charge in [0.1, 0.15) is 0 Å². The van der Waals surface area contributed by atoms with Crippen LogP contribution in [0.1, 0.15) is 36.8 Å². The molecule has 0 bridgehead atoms. The summed E-state index contributed by atoms with van der Waals surface area (Å²) in [5, 5.41) is 6.30. The van der Waals surface area contributed by atoms with Crippen molar-refractivity contribution in [1.29, 1.82) is 0 Å². The van der Waals surface area contributed by atoms with Gasteiger partial charge in [-0.15, -0.1) is 0 Å². The third kappa shape index (κ3) is 11.0. The molecule has 50 heavy (non-hydrogen) atoms. The first-order valence-corrected chi connectivity index (χ1v) is 18.0. The van der Waals surface area contributed by atoms with Crippen molar-refractivity contribution < 1.29 is 9.59 Å². The van der Waals surface area contributed by atoms with E-state index in [1.165, 1.54) is 11.1 Å². The minimum atomic E-state index is -0.0527. The zero-order chi connectivity index (χ0) is 35.3. The number of urea groups is 2. The number of carbonyl (C=O) groups is 2. The van der Waals surface area contributed by atoms with E-state index in [2.05, 4.69) is 59.2 Å². The first kappa shape index (κ1) is 36.3. The van der Waals surface area contributed by atoms with E-state index in [9.17, 15) is 9.59 Å². The Balaban J connectivity index is 1.19. The fraction of sp³-hybridized carbons (Fsp3) is 0.381. The Kier molecular flexibility index (Phi) is 13.2. The van der Waals surface area contributed by atoms with Crippen molar-refractivity contribution in [2.24, 2.45) is 11.8 Å². The number of anilines is 4. The van der Waals surface area contributed by atoms with Crippen molar-refractivity contribution >= 4 is 34.8 Å². The van der Waals surface area contributed by atoms with Gasteiger partial charge in [-0.3, -0.25) is 0 Å². The van der Waals surface area contributed by atoms with Gasteiger partial charge in [-0.2, -0.15) is 0 Å². The van der Waals surface area contributed by atoms with E-state index in [1.54, 1.807) is 0 Å². The quantitative estimate of drug-likeness (QED) is 0.141. The van der Waals surface area contributed by atoms with Gasteiger partial charge in [0.25, 0.3) is 0 Å². The molecular formula is C42H54N6O2. The van der Waals surface area contributed by atoms with Gasteiger partial charge in [0.05, 0.1) is 0 Å². The smallest absolute Gasteiger partial charge is 0.321 e. The average molecular weight is 675 g/mol. The molecule has 1 aliphatic carbocycles. The van der Waals surface area contributed by atoms with Crippen LogP contribution in [0.15, 0.2) is 109 Å². The zero-order valence-electron chi connectivity index (χ0n) is 30.2. The largest absolute Gasteiger partial charge is 0.378 e. The molecule has 8 nitrogen and oxygen atoms in total. The lowest BCUT2D eigenvalue weighted by Crippen LogP contribution is -2.42. The monoisotopic (exact) mass is 674 g/mol. The van der Waals surface area contributed by atoms with Crippen LogP contribution in [0.4, 0.5) is 32.3 Å². The third-order valence-corrected chi connectivity index (χ3v) is 9.79. The summed E-state index contributed by atoms with van der Waals surface area (Å²) in [5.41, 5.74) is 6.25. The van der Waals surface area contributed by atoms with Crippen molar-refractivity contribution in [3.05, 3.63) is 120 Å². The van der Waals surface area contributed by atoms with Crippen LogP contribution in [0, 0.1) is 11.8 Å². The van der Waals surface area contributed by atoms with Gasteiger partial charge in [0.2, 0.25) is 0 Å². The van der Waals surface area contributed by atoms with E-state index >= 15 is 0 Å². The molecular weight excluding hydrogens is 621 g/mol. The van der Waals surface area contributed by atoms with E-state index in [4.69, 9.17) is 0 Å². The van der Waals surface area contributed by atoms with E-state index in [0.717, 1.165) is 74.4 Å². The standard InChI is InChI=1S/C42H54N6O2/c1-45(2)39-23-19-37(20-24-39)43-41(49)47(29-27-33-11-7-5-8-12-33)31-35-15-17-36(18-16-35)32-48(30-28-34-13-9-6-10-14-34)42(50)44-38-21-25-40(26-22-38)46(3)4/h5-14,19-26,35-36H,15-18,27-32H2,1-4H3,(H,43,49)(H,44,50). The second kappa shape index (κ2) is 18.1. The fourth-order valence-corrected chi connectivity index (χ4v) is 6.68. The van der Waals surface area contributed by atoms with Crippen molar-refractivity contribution in [3.8, 4) is 0 Å². The molecule has 4 amide bonds. The molecule has 0 heterocycles. The summed E-state index contributed by atoms with van der Waals surface area (Å²) in [6.45, 7) is 2.77. The van der Waals surface area contributed by atoms with Crippen molar-refractivity contribution in [3.63, 3.8) is 0 Å². The maximum Gasteiger partial charge on any atom is 0.321 e. The lowest BCUT2D eigenvalue weighted by atomic mass is 9.81. The predicted octanol–water partition coefficient (Wildman–Crippen LogP) is 8.48. The van der Waals surface area contributed by atoms with Gasteiger partial charge in [0, 0.05) is 77.1 Å². The van der Waals surface area contributed by atoms with Crippen LogP contribution in [-0.2, 0) is 12.8 Å². The highest BCUT2D eigenvalue weighted by molar-refractivity contribution is 5.90. The molecule has 4 aromatic rings. The van der Waals surface area contributed by atoms with Crippen LogP contribution in [0.3, 0.4) is 0 Å². The second-order valence-corrected chi connectivity index (χ2v) is 14.0. The normalized spacial score (nSPS) is 15.5. The summed E-state index contributed by atoms with van der Waals surface area (Å²) in [4.78, 5) is 35.4. The molecule has 8 heteroatoms. The Bertz CT molecular complexity index is 1480. The van der Waals surface area contributed by atoms with Crippen LogP contribution < -0.4 is 20.4 Å². The van der Waals surface area contributed by atoms with Crippen LogP contribution >= 0.6 is 0 Å². The lowest BCUT2D eigenvalue weighted by Gasteiger charge is -2.35. The number of carbonyl (C=O) groups excluding carboxylic acids is 2. The molecule has 1 fully saturated rings. The zero-order valence-corrected chi connectivity index (χ0v) is 30.2. The molecule has 5 rings (SSSR count). The molecule has 4 aromatic carbocycles. The topological polar surface area (TPSA) is 71.2 Å². The van der Waals surface area contributed by atoms with E-state index in [-0.39, 0.29) is 12.1 Å². The van der Waals surface area contributed by atoms with Crippen molar-refractivity contribution in [1.82, 2.24) is 9.80 Å². The van der Waals surface area contributed by atoms with Crippen LogP contribution in [0.2, 0.25) is 0 Å². The van der Waals surface area contributed by atoms with Gasteiger partial charge in [-0.1, -0.05) is 60.7 Å². The van der Waals surface area contributed by atoms with E-state index < -0.39 is 0 Å². The maximum absolute atomic E-state index is 13.7. The summed E-state index contributed by atoms with van der Waals surface area (Å²) < 4.78 is 0. The Labute approximate surface area is 299 Å². The van der Waals surface area contributed by atoms with Gasteiger partial charge in [0.15, 0.2) is 0 Å². The second-order valence-electron chi connectivity index (χ2n) is 14.0. The van der Waals surface area contributed by atoms with Gasteiger partial charge in [-0.25, -0.2) is 9.59 Å². The average Bonchev–Trinajstić information content (AvgIpc) is 3.13. The molecule has 0 aliphatic heterocycles. The van der Waals surface area contributed by atoms with Crippen molar-refractivity contribution in [2.45, 2.75) is 38.5 Å². The summed E-state index contributed by atoms with van der Waals surface area (Å²) in [6.07, 6.45) is 5.78. The third-order valence-electron chi connectivity index (χ3n) is 9.79. The summed E-state index contributed by atoms with van der Waals surface area (Å²) in [7, 11) is 8.04. The van der Waals surface area contributed by atoms with Gasteiger partial charge < -0.3 is 30.2 Å². The minimum absolute atomic E-state index is 0.0527. The lowest BCUT2D eigenvalue weighted by molar-refractivity contribution is 0.161. The van der Waals surface area contributed by atoms with Crippen LogP contribution in [-0.4, -0.2) is 76.2 Å².